The lowest BCUT2D eigenvalue weighted by Gasteiger charge is -2.08. The Morgan fingerprint density at radius 3 is 2.61 bits per heavy atom. The van der Waals surface area contributed by atoms with Gasteiger partial charge in [0, 0.05) is 22.2 Å². The zero-order chi connectivity index (χ0) is 21.4. The van der Waals surface area contributed by atoms with E-state index in [1.807, 2.05) is 0 Å². The van der Waals surface area contributed by atoms with Crippen LogP contribution in [0.1, 0.15) is 20.7 Å². The van der Waals surface area contributed by atoms with Crippen LogP contribution in [0.25, 0.3) is 21.9 Å². The molecule has 0 spiro atoms. The number of carbonyl (C=O) groups is 2. The van der Waals surface area contributed by atoms with Gasteiger partial charge in [-0.2, -0.15) is 5.10 Å². The average Bonchev–Trinajstić information content (AvgIpc) is 3.40. The minimum atomic E-state index is -0.410. The van der Waals surface area contributed by atoms with Gasteiger partial charge in [-0.05, 0) is 54.6 Å². The second-order valence-electron chi connectivity index (χ2n) is 6.89. The molecule has 152 valence electrons. The Balaban J connectivity index is 1.34. The molecule has 0 bridgehead atoms. The number of halogens is 1. The highest BCUT2D eigenvalue weighted by atomic mass is 19.1. The maximum atomic E-state index is 13.3. The molecule has 8 nitrogen and oxygen atoms in total. The smallest absolute Gasteiger partial charge is 0.256 e. The highest BCUT2D eigenvalue weighted by Crippen LogP contribution is 2.22. The van der Waals surface area contributed by atoms with Crippen LogP contribution < -0.4 is 10.6 Å². The van der Waals surface area contributed by atoms with Gasteiger partial charge in [0.15, 0.2) is 5.82 Å². The van der Waals surface area contributed by atoms with Crippen molar-refractivity contribution >= 4 is 45.3 Å². The van der Waals surface area contributed by atoms with Crippen molar-refractivity contribution in [2.45, 2.75) is 0 Å². The van der Waals surface area contributed by atoms with E-state index in [1.165, 1.54) is 18.2 Å². The molecule has 0 fully saturated rings. The van der Waals surface area contributed by atoms with E-state index in [1.54, 1.807) is 48.8 Å². The maximum Gasteiger partial charge on any atom is 0.256 e. The fraction of sp³-hybridized carbons (Fsp3) is 0. The van der Waals surface area contributed by atoms with Crippen LogP contribution in [0.3, 0.4) is 0 Å². The van der Waals surface area contributed by atoms with E-state index >= 15 is 0 Å². The summed E-state index contributed by atoms with van der Waals surface area (Å²) < 4.78 is 13.3. The van der Waals surface area contributed by atoms with Crippen LogP contribution >= 0.6 is 0 Å². The highest BCUT2D eigenvalue weighted by molar-refractivity contribution is 6.09. The number of carbonyl (C=O) groups excluding carboxylic acids is 2. The number of amides is 2. The molecule has 5 aromatic rings. The van der Waals surface area contributed by atoms with Crippen molar-refractivity contribution in [2.24, 2.45) is 0 Å². The number of rotatable bonds is 4. The number of nitrogens with one attached hydrogen (secondary N) is 4. The van der Waals surface area contributed by atoms with Gasteiger partial charge in [0.2, 0.25) is 0 Å². The van der Waals surface area contributed by atoms with Crippen LogP contribution in [0.2, 0.25) is 0 Å². The van der Waals surface area contributed by atoms with E-state index in [4.69, 9.17) is 0 Å². The number of nitrogens with zero attached hydrogens (tertiary/aromatic N) is 2. The first-order valence-electron chi connectivity index (χ1n) is 9.36. The number of benzene rings is 3. The van der Waals surface area contributed by atoms with Crippen molar-refractivity contribution in [2.75, 3.05) is 10.6 Å². The van der Waals surface area contributed by atoms with E-state index in [-0.39, 0.29) is 5.91 Å². The van der Waals surface area contributed by atoms with Gasteiger partial charge in [0.05, 0.1) is 22.9 Å². The third-order valence-corrected chi connectivity index (χ3v) is 4.82. The van der Waals surface area contributed by atoms with Crippen LogP contribution in [0.4, 0.5) is 15.9 Å². The molecular weight excluding hydrogens is 399 g/mol. The normalized spacial score (nSPS) is 11.0. The summed E-state index contributed by atoms with van der Waals surface area (Å²) in [5, 5.41) is 12.8. The monoisotopic (exact) mass is 414 g/mol. The third kappa shape index (κ3) is 3.60. The summed E-state index contributed by atoms with van der Waals surface area (Å²) in [6.07, 6.45) is 1.56. The predicted molar refractivity (Wildman–Crippen MR) is 114 cm³/mol. The fourth-order valence-corrected chi connectivity index (χ4v) is 3.29. The van der Waals surface area contributed by atoms with E-state index in [0.29, 0.717) is 33.5 Å². The number of imidazole rings is 1. The second kappa shape index (κ2) is 7.38. The van der Waals surface area contributed by atoms with E-state index in [9.17, 15) is 14.0 Å². The molecule has 0 aliphatic heterocycles. The largest absolute Gasteiger partial charge is 0.345 e. The Kier molecular flexibility index (Phi) is 4.40. The zero-order valence-corrected chi connectivity index (χ0v) is 15.9. The van der Waals surface area contributed by atoms with Crippen LogP contribution in [-0.4, -0.2) is 32.0 Å². The van der Waals surface area contributed by atoms with Crippen molar-refractivity contribution in [1.29, 1.82) is 0 Å². The summed E-state index contributed by atoms with van der Waals surface area (Å²) in [5.41, 5.74) is 3.26. The van der Waals surface area contributed by atoms with Crippen LogP contribution in [0.5, 0.6) is 0 Å². The standard InChI is InChI=1S/C22H15FN6O2/c23-14-5-6-16-18(10-14)28-29-20(16)27-22(31)12-2-1-3-15(8-12)26-21(30)13-4-7-17-19(9-13)25-11-24-17/h1-11H,(H,24,25)(H,26,30)(H2,27,28,29,31). The number of anilines is 2. The zero-order valence-electron chi connectivity index (χ0n) is 15.9. The molecule has 3 aromatic carbocycles. The van der Waals surface area contributed by atoms with Gasteiger partial charge in [-0.25, -0.2) is 9.37 Å². The molecule has 0 saturated carbocycles. The summed E-state index contributed by atoms with van der Waals surface area (Å²) in [4.78, 5) is 32.4. The molecule has 2 amide bonds. The van der Waals surface area contributed by atoms with Gasteiger partial charge in [-0.1, -0.05) is 6.07 Å². The average molecular weight is 414 g/mol. The van der Waals surface area contributed by atoms with Gasteiger partial charge in [-0.15, -0.1) is 0 Å². The van der Waals surface area contributed by atoms with E-state index in [0.717, 1.165) is 11.0 Å². The molecule has 9 heteroatoms. The Morgan fingerprint density at radius 2 is 1.71 bits per heavy atom. The summed E-state index contributed by atoms with van der Waals surface area (Å²) in [5.74, 6) is -0.825. The topological polar surface area (TPSA) is 116 Å². The first kappa shape index (κ1) is 18.5. The second-order valence-corrected chi connectivity index (χ2v) is 6.89. The molecule has 0 atom stereocenters. The summed E-state index contributed by atoms with van der Waals surface area (Å²) >= 11 is 0. The Bertz CT molecular complexity index is 1450. The van der Waals surface area contributed by atoms with E-state index < -0.39 is 11.7 Å². The molecule has 4 N–H and O–H groups in total. The Hall–Kier alpha value is -4.53. The van der Waals surface area contributed by atoms with Crippen molar-refractivity contribution in [1.82, 2.24) is 20.2 Å². The molecule has 5 rings (SSSR count). The van der Waals surface area contributed by atoms with E-state index in [2.05, 4.69) is 30.8 Å². The van der Waals surface area contributed by atoms with Crippen molar-refractivity contribution < 1.29 is 14.0 Å². The SMILES string of the molecule is O=C(Nc1cccc(C(=O)Nc2n[nH]c3cc(F)ccc23)c1)c1ccc2nc[nH]c2c1. The Labute approximate surface area is 174 Å². The first-order valence-corrected chi connectivity index (χ1v) is 9.36. The van der Waals surface area contributed by atoms with Crippen molar-refractivity contribution in [3.8, 4) is 0 Å². The lowest BCUT2D eigenvalue weighted by atomic mass is 10.1. The molecule has 31 heavy (non-hydrogen) atoms. The van der Waals surface area contributed by atoms with Crippen LogP contribution in [0.15, 0.2) is 67.0 Å². The van der Waals surface area contributed by atoms with Gasteiger partial charge in [-0.3, -0.25) is 14.7 Å². The van der Waals surface area contributed by atoms with Crippen LogP contribution in [-0.2, 0) is 0 Å². The number of H-pyrrole nitrogens is 2. The third-order valence-electron chi connectivity index (χ3n) is 4.82. The van der Waals surface area contributed by atoms with Crippen molar-refractivity contribution in [3.63, 3.8) is 0 Å². The van der Waals surface area contributed by atoms with Crippen molar-refractivity contribution in [3.05, 3.63) is 83.9 Å². The quantitative estimate of drug-likeness (QED) is 0.355. The van der Waals surface area contributed by atoms with Gasteiger partial charge in [0.25, 0.3) is 11.8 Å². The molecule has 0 aliphatic rings. The molecule has 0 aliphatic carbocycles. The number of fused-ring (bicyclic) bond motifs is 2. The molecule has 0 saturated heterocycles. The molecule has 2 aromatic heterocycles. The minimum absolute atomic E-state index is 0.294. The lowest BCUT2D eigenvalue weighted by Crippen LogP contribution is -2.15. The summed E-state index contributed by atoms with van der Waals surface area (Å²) in [6.45, 7) is 0. The highest BCUT2D eigenvalue weighted by Gasteiger charge is 2.13. The number of hydrogen-bond acceptors (Lipinski definition) is 4. The summed E-state index contributed by atoms with van der Waals surface area (Å²) in [6, 6.07) is 15.8. The number of aromatic nitrogens is 4. The number of hydrogen-bond donors (Lipinski definition) is 4. The molecule has 2 heterocycles. The Morgan fingerprint density at radius 1 is 0.871 bits per heavy atom. The molecular formula is C22H15FN6O2. The predicted octanol–water partition coefficient (Wildman–Crippen LogP) is 4.08. The van der Waals surface area contributed by atoms with Gasteiger partial charge < -0.3 is 15.6 Å². The van der Waals surface area contributed by atoms with Gasteiger partial charge in [0.1, 0.15) is 5.82 Å². The van der Waals surface area contributed by atoms with Crippen LogP contribution in [0, 0.1) is 5.82 Å². The maximum absolute atomic E-state index is 13.3. The summed E-state index contributed by atoms with van der Waals surface area (Å²) in [7, 11) is 0. The molecule has 0 radical (unpaired) electrons. The lowest BCUT2D eigenvalue weighted by molar-refractivity contribution is 0.101. The molecule has 0 unspecified atom stereocenters. The first-order chi connectivity index (χ1) is 15.1. The van der Waals surface area contributed by atoms with Gasteiger partial charge >= 0.3 is 0 Å². The fourth-order valence-electron chi connectivity index (χ4n) is 3.29. The minimum Gasteiger partial charge on any atom is -0.345 e. The number of aromatic amines is 2.